The van der Waals surface area contributed by atoms with Gasteiger partial charge in [-0.2, -0.15) is 0 Å². The number of aromatic nitrogens is 1. The van der Waals surface area contributed by atoms with E-state index in [0.29, 0.717) is 11.8 Å². The number of nitrogens with zero attached hydrogens (tertiary/aromatic N) is 1. The summed E-state index contributed by atoms with van der Waals surface area (Å²) in [6, 6.07) is 3.68. The molecule has 0 aliphatic carbocycles. The van der Waals surface area contributed by atoms with Crippen molar-refractivity contribution in [2.24, 2.45) is 5.92 Å². The molecule has 1 aromatic rings. The van der Waals surface area contributed by atoms with Crippen LogP contribution in [0.5, 0.6) is 11.6 Å². The average Bonchev–Trinajstić information content (AvgIpc) is 2.38. The standard InChI is InChI=1S/C12H18N2O2/c1-15-12-7-11(4-6-14-12)16-9-10-3-2-5-13-8-10/h4,6-7,10,13H,2-3,5,8-9H2,1H3. The Balaban J connectivity index is 1.83. The van der Waals surface area contributed by atoms with Gasteiger partial charge in [-0.3, -0.25) is 0 Å². The van der Waals surface area contributed by atoms with E-state index >= 15 is 0 Å². The molecule has 4 nitrogen and oxygen atoms in total. The summed E-state index contributed by atoms with van der Waals surface area (Å²) < 4.78 is 10.8. The van der Waals surface area contributed by atoms with E-state index in [1.807, 2.05) is 12.1 Å². The molecule has 1 aliphatic rings. The van der Waals surface area contributed by atoms with E-state index in [2.05, 4.69) is 10.3 Å². The maximum absolute atomic E-state index is 5.73. The fourth-order valence-electron chi connectivity index (χ4n) is 1.87. The molecule has 16 heavy (non-hydrogen) atoms. The zero-order valence-electron chi connectivity index (χ0n) is 9.61. The summed E-state index contributed by atoms with van der Waals surface area (Å²) in [5.74, 6) is 2.05. The minimum Gasteiger partial charge on any atom is -0.493 e. The summed E-state index contributed by atoms with van der Waals surface area (Å²) in [5.41, 5.74) is 0. The number of pyridine rings is 1. The minimum absolute atomic E-state index is 0.597. The number of ether oxygens (including phenoxy) is 2. The van der Waals surface area contributed by atoms with Crippen LogP contribution in [-0.4, -0.2) is 31.8 Å². The van der Waals surface area contributed by atoms with Crippen LogP contribution in [0.1, 0.15) is 12.8 Å². The summed E-state index contributed by atoms with van der Waals surface area (Å²) in [4.78, 5) is 4.04. The first kappa shape index (κ1) is 11.2. The van der Waals surface area contributed by atoms with Crippen molar-refractivity contribution in [3.05, 3.63) is 18.3 Å². The molecule has 1 fully saturated rings. The quantitative estimate of drug-likeness (QED) is 0.837. The second-order valence-electron chi connectivity index (χ2n) is 4.06. The molecule has 1 aliphatic heterocycles. The van der Waals surface area contributed by atoms with E-state index in [0.717, 1.165) is 25.4 Å². The SMILES string of the molecule is COc1cc(OCC2CCCNC2)ccn1. The second kappa shape index (κ2) is 5.70. The first-order valence-electron chi connectivity index (χ1n) is 5.72. The van der Waals surface area contributed by atoms with Crippen molar-refractivity contribution >= 4 is 0 Å². The lowest BCUT2D eigenvalue weighted by Crippen LogP contribution is -2.33. The Kier molecular flexibility index (Phi) is 3.99. The van der Waals surface area contributed by atoms with Gasteiger partial charge >= 0.3 is 0 Å². The van der Waals surface area contributed by atoms with Crippen molar-refractivity contribution in [1.29, 1.82) is 0 Å². The van der Waals surface area contributed by atoms with Gasteiger partial charge in [0.25, 0.3) is 0 Å². The molecule has 4 heteroatoms. The maximum atomic E-state index is 5.73. The number of methoxy groups -OCH3 is 1. The number of rotatable bonds is 4. The third-order valence-electron chi connectivity index (χ3n) is 2.80. The summed E-state index contributed by atoms with van der Waals surface area (Å²) in [7, 11) is 1.61. The summed E-state index contributed by atoms with van der Waals surface area (Å²) >= 11 is 0. The van der Waals surface area contributed by atoms with Crippen LogP contribution in [0.25, 0.3) is 0 Å². The lowest BCUT2D eigenvalue weighted by Gasteiger charge is -2.22. The third kappa shape index (κ3) is 3.10. The molecule has 2 heterocycles. The highest BCUT2D eigenvalue weighted by molar-refractivity contribution is 5.25. The summed E-state index contributed by atoms with van der Waals surface area (Å²) in [6.07, 6.45) is 4.19. The van der Waals surface area contributed by atoms with Crippen LogP contribution >= 0.6 is 0 Å². The van der Waals surface area contributed by atoms with Crippen LogP contribution in [0.15, 0.2) is 18.3 Å². The number of hydrogen-bond donors (Lipinski definition) is 1. The topological polar surface area (TPSA) is 43.4 Å². The van der Waals surface area contributed by atoms with Gasteiger partial charge in [-0.1, -0.05) is 0 Å². The largest absolute Gasteiger partial charge is 0.493 e. The van der Waals surface area contributed by atoms with E-state index in [1.165, 1.54) is 12.8 Å². The molecule has 1 aromatic heterocycles. The lowest BCUT2D eigenvalue weighted by molar-refractivity contribution is 0.217. The van der Waals surface area contributed by atoms with Crippen molar-refractivity contribution < 1.29 is 9.47 Å². The Hall–Kier alpha value is -1.29. The van der Waals surface area contributed by atoms with E-state index in [-0.39, 0.29) is 0 Å². The second-order valence-corrected chi connectivity index (χ2v) is 4.06. The van der Waals surface area contributed by atoms with Crippen LogP contribution in [-0.2, 0) is 0 Å². The summed E-state index contributed by atoms with van der Waals surface area (Å²) in [6.45, 7) is 2.96. The van der Waals surface area contributed by atoms with E-state index in [9.17, 15) is 0 Å². The zero-order chi connectivity index (χ0) is 11.2. The molecule has 1 atom stereocenters. The molecule has 0 saturated carbocycles. The zero-order valence-corrected chi connectivity index (χ0v) is 9.61. The number of hydrogen-bond acceptors (Lipinski definition) is 4. The van der Waals surface area contributed by atoms with Crippen molar-refractivity contribution in [3.8, 4) is 11.6 Å². The molecule has 0 bridgehead atoms. The van der Waals surface area contributed by atoms with Crippen LogP contribution in [0.2, 0.25) is 0 Å². The summed E-state index contributed by atoms with van der Waals surface area (Å²) in [5, 5.41) is 3.38. The fraction of sp³-hybridized carbons (Fsp3) is 0.583. The van der Waals surface area contributed by atoms with Crippen molar-refractivity contribution in [1.82, 2.24) is 10.3 Å². The van der Waals surface area contributed by atoms with Gasteiger partial charge in [-0.05, 0) is 25.5 Å². The van der Waals surface area contributed by atoms with Gasteiger partial charge in [-0.25, -0.2) is 4.98 Å². The molecular formula is C12H18N2O2. The molecule has 0 radical (unpaired) electrons. The highest BCUT2D eigenvalue weighted by atomic mass is 16.5. The maximum Gasteiger partial charge on any atom is 0.216 e. The van der Waals surface area contributed by atoms with Crippen molar-refractivity contribution in [3.63, 3.8) is 0 Å². The molecule has 88 valence electrons. The Labute approximate surface area is 96.0 Å². The Morgan fingerprint density at radius 2 is 2.50 bits per heavy atom. The molecule has 1 N–H and O–H groups in total. The predicted molar refractivity (Wildman–Crippen MR) is 61.9 cm³/mol. The number of piperidine rings is 1. The molecule has 0 amide bonds. The van der Waals surface area contributed by atoms with Gasteiger partial charge in [0.1, 0.15) is 5.75 Å². The van der Waals surface area contributed by atoms with E-state index < -0.39 is 0 Å². The van der Waals surface area contributed by atoms with Gasteiger partial charge in [0, 0.05) is 24.7 Å². The Bertz CT molecular complexity index is 325. The third-order valence-corrected chi connectivity index (χ3v) is 2.80. The molecule has 0 spiro atoms. The Morgan fingerprint density at radius 1 is 1.56 bits per heavy atom. The Morgan fingerprint density at radius 3 is 3.25 bits per heavy atom. The fourth-order valence-corrected chi connectivity index (χ4v) is 1.87. The van der Waals surface area contributed by atoms with Crippen LogP contribution < -0.4 is 14.8 Å². The molecule has 0 aromatic carbocycles. The van der Waals surface area contributed by atoms with Crippen LogP contribution in [0.3, 0.4) is 0 Å². The molecule has 1 saturated heterocycles. The van der Waals surface area contributed by atoms with Crippen molar-refractivity contribution in [2.75, 3.05) is 26.8 Å². The van der Waals surface area contributed by atoms with Crippen LogP contribution in [0, 0.1) is 5.92 Å². The minimum atomic E-state index is 0.597. The highest BCUT2D eigenvalue weighted by Gasteiger charge is 2.13. The van der Waals surface area contributed by atoms with Gasteiger partial charge in [-0.15, -0.1) is 0 Å². The lowest BCUT2D eigenvalue weighted by atomic mass is 10.0. The predicted octanol–water partition coefficient (Wildman–Crippen LogP) is 1.47. The van der Waals surface area contributed by atoms with Gasteiger partial charge in [0.2, 0.25) is 5.88 Å². The van der Waals surface area contributed by atoms with Crippen LogP contribution in [0.4, 0.5) is 0 Å². The first-order valence-corrected chi connectivity index (χ1v) is 5.72. The molecule has 1 unspecified atom stereocenters. The van der Waals surface area contributed by atoms with E-state index in [4.69, 9.17) is 9.47 Å². The average molecular weight is 222 g/mol. The van der Waals surface area contributed by atoms with Crippen molar-refractivity contribution in [2.45, 2.75) is 12.8 Å². The number of nitrogens with one attached hydrogen (secondary N) is 1. The smallest absolute Gasteiger partial charge is 0.216 e. The molecule has 2 rings (SSSR count). The van der Waals surface area contributed by atoms with Gasteiger partial charge < -0.3 is 14.8 Å². The first-order chi connectivity index (χ1) is 7.88. The normalized spacial score (nSPS) is 20.4. The molecular weight excluding hydrogens is 204 g/mol. The highest BCUT2D eigenvalue weighted by Crippen LogP contribution is 2.18. The monoisotopic (exact) mass is 222 g/mol. The van der Waals surface area contributed by atoms with Gasteiger partial charge in [0.05, 0.1) is 13.7 Å². The van der Waals surface area contributed by atoms with Gasteiger partial charge in [0.15, 0.2) is 0 Å². The van der Waals surface area contributed by atoms with E-state index in [1.54, 1.807) is 13.3 Å².